The number of pyridine rings is 1. The number of rotatable bonds is 9. The fourth-order valence-electron chi connectivity index (χ4n) is 5.77. The largest absolute Gasteiger partial charge is 0.354 e. The van der Waals surface area contributed by atoms with Crippen molar-refractivity contribution in [1.29, 1.82) is 0 Å². The third-order valence-electron chi connectivity index (χ3n) is 8.17. The van der Waals surface area contributed by atoms with Crippen molar-refractivity contribution in [2.24, 2.45) is 0 Å². The molecule has 3 aromatic heterocycles. The highest BCUT2D eigenvalue weighted by atomic mass is 127. The first kappa shape index (κ1) is 26.7. The molecule has 5 rings (SSSR count). The van der Waals surface area contributed by atoms with E-state index in [9.17, 15) is 0 Å². The van der Waals surface area contributed by atoms with Gasteiger partial charge in [-0.15, -0.1) is 0 Å². The number of allylic oxidation sites excluding steroid dienone is 3. The van der Waals surface area contributed by atoms with Crippen molar-refractivity contribution in [2.75, 3.05) is 11.4 Å². The summed E-state index contributed by atoms with van der Waals surface area (Å²) in [5.74, 6) is 1.71. The van der Waals surface area contributed by atoms with Gasteiger partial charge in [-0.3, -0.25) is 5.10 Å². The van der Waals surface area contributed by atoms with Crippen molar-refractivity contribution in [3.05, 3.63) is 53.9 Å². The van der Waals surface area contributed by atoms with Gasteiger partial charge in [0.1, 0.15) is 34.4 Å². The number of aromatic nitrogens is 5. The van der Waals surface area contributed by atoms with E-state index in [1.165, 1.54) is 5.57 Å². The Morgan fingerprint density at radius 2 is 2.05 bits per heavy atom. The number of hydrogen-bond donors (Lipinski definition) is 2. The zero-order chi connectivity index (χ0) is 26.0. The maximum atomic E-state index is 6.43. The standard InChI is InChI=1S/C28H37IN6OS/c1-4-17-34(20(3)5-2)25-18-23(22-19-31-35(26(22)32-25)24-11-16-30-33-24)27(36-29)12-14-28(37,15-13-27)21-9-7-6-8-10-21/h7,9-11,16,18-20,37H,4-6,8,12-15,17H2,1-3H3,(H,30,33)/t20?,27-,28+. The van der Waals surface area contributed by atoms with E-state index in [0.717, 1.165) is 86.1 Å². The zero-order valence-electron chi connectivity index (χ0n) is 22.0. The molecule has 7 nitrogen and oxygen atoms in total. The highest BCUT2D eigenvalue weighted by Crippen LogP contribution is 2.52. The Labute approximate surface area is 239 Å². The summed E-state index contributed by atoms with van der Waals surface area (Å²) in [4.78, 5) is 7.61. The molecule has 0 saturated heterocycles. The number of H-pyrrole nitrogens is 1. The number of hydrogen-bond acceptors (Lipinski definition) is 6. The van der Waals surface area contributed by atoms with E-state index < -0.39 is 5.60 Å². The molecule has 1 fully saturated rings. The Bertz CT molecular complexity index is 1280. The Hall–Kier alpha value is -1.85. The molecule has 37 heavy (non-hydrogen) atoms. The predicted octanol–water partition coefficient (Wildman–Crippen LogP) is 7.24. The number of anilines is 1. The monoisotopic (exact) mass is 632 g/mol. The first-order chi connectivity index (χ1) is 17.9. The molecule has 0 spiro atoms. The number of halogens is 1. The maximum absolute atomic E-state index is 6.43. The van der Waals surface area contributed by atoms with Gasteiger partial charge in [0.2, 0.25) is 0 Å². The van der Waals surface area contributed by atoms with Crippen LogP contribution in [0.5, 0.6) is 0 Å². The van der Waals surface area contributed by atoms with Gasteiger partial charge in [-0.1, -0.05) is 32.1 Å². The zero-order valence-corrected chi connectivity index (χ0v) is 25.0. The van der Waals surface area contributed by atoms with Gasteiger partial charge in [0, 0.05) is 40.5 Å². The Balaban J connectivity index is 1.62. The Morgan fingerprint density at radius 1 is 1.24 bits per heavy atom. The van der Waals surface area contributed by atoms with Gasteiger partial charge >= 0.3 is 0 Å². The summed E-state index contributed by atoms with van der Waals surface area (Å²) in [5.41, 5.74) is 2.91. The summed E-state index contributed by atoms with van der Waals surface area (Å²) in [7, 11) is 0. The van der Waals surface area contributed by atoms with E-state index in [1.807, 2.05) is 23.1 Å². The molecule has 1 atom stereocenters. The molecule has 2 aliphatic carbocycles. The van der Waals surface area contributed by atoms with Crippen LogP contribution in [0.25, 0.3) is 16.9 Å². The van der Waals surface area contributed by atoms with Crippen LogP contribution in [-0.2, 0) is 8.67 Å². The quantitative estimate of drug-likeness (QED) is 0.192. The summed E-state index contributed by atoms with van der Waals surface area (Å²) >= 11 is 7.35. The average molecular weight is 633 g/mol. The van der Waals surface area contributed by atoms with E-state index in [2.05, 4.69) is 83.2 Å². The second kappa shape index (κ2) is 11.1. The fourth-order valence-corrected chi connectivity index (χ4v) is 6.84. The first-order valence-corrected chi connectivity index (χ1v) is 14.8. The van der Waals surface area contributed by atoms with Gasteiger partial charge in [-0.2, -0.15) is 27.5 Å². The molecule has 3 aromatic rings. The smallest absolute Gasteiger partial charge is 0.177 e. The SMILES string of the molecule is CCCN(c1cc([C@]2(OI)CC[C@](S)(C3=CCCC=C3)CC2)c2cnn(-c3cc[nH]n3)c2n1)C(C)CC. The summed E-state index contributed by atoms with van der Waals surface area (Å²) in [6.45, 7) is 7.68. The van der Waals surface area contributed by atoms with Crippen LogP contribution in [-0.4, -0.2) is 42.3 Å². The molecular formula is C28H37IN6OS. The highest BCUT2D eigenvalue weighted by Gasteiger charge is 2.45. The molecular weight excluding hydrogens is 595 g/mol. The third kappa shape index (κ3) is 4.98. The molecule has 1 N–H and O–H groups in total. The molecule has 0 bridgehead atoms. The predicted molar refractivity (Wildman–Crippen MR) is 162 cm³/mol. The van der Waals surface area contributed by atoms with Crippen molar-refractivity contribution in [2.45, 2.75) is 88.5 Å². The van der Waals surface area contributed by atoms with Crippen molar-refractivity contribution < 1.29 is 3.07 Å². The van der Waals surface area contributed by atoms with E-state index >= 15 is 0 Å². The van der Waals surface area contributed by atoms with E-state index in [1.54, 1.807) is 0 Å². The lowest BCUT2D eigenvalue weighted by molar-refractivity contribution is 0.0685. The van der Waals surface area contributed by atoms with Gasteiger partial charge in [-0.05, 0) is 69.9 Å². The van der Waals surface area contributed by atoms with Crippen molar-refractivity contribution in [1.82, 2.24) is 25.0 Å². The minimum absolute atomic E-state index is 0.116. The molecule has 3 heterocycles. The number of fused-ring (bicyclic) bond motifs is 1. The van der Waals surface area contributed by atoms with Gasteiger partial charge in [0.15, 0.2) is 11.5 Å². The van der Waals surface area contributed by atoms with Crippen molar-refractivity contribution in [3.8, 4) is 5.82 Å². The maximum Gasteiger partial charge on any atom is 0.177 e. The molecule has 0 amide bonds. The summed E-state index contributed by atoms with van der Waals surface area (Å²) < 4.78 is 8.15. The molecule has 0 aliphatic heterocycles. The second-order valence-electron chi connectivity index (χ2n) is 10.4. The normalized spacial score (nSPS) is 24.8. The second-order valence-corrected chi connectivity index (χ2v) is 11.7. The number of aromatic amines is 1. The fraction of sp³-hybridized carbons (Fsp3) is 0.536. The Kier molecular flexibility index (Phi) is 8.02. The van der Waals surface area contributed by atoms with Crippen molar-refractivity contribution >= 4 is 52.5 Å². The van der Waals surface area contributed by atoms with Gasteiger partial charge in [0.05, 0.1) is 6.20 Å². The van der Waals surface area contributed by atoms with Crippen LogP contribution in [0.3, 0.4) is 0 Å². The summed E-state index contributed by atoms with van der Waals surface area (Å²) in [6.07, 6.45) is 18.7. The minimum Gasteiger partial charge on any atom is -0.354 e. The van der Waals surface area contributed by atoms with Crippen LogP contribution in [0.4, 0.5) is 5.82 Å². The number of thiol groups is 1. The highest BCUT2D eigenvalue weighted by molar-refractivity contribution is 14.1. The van der Waals surface area contributed by atoms with Crippen LogP contribution < -0.4 is 4.90 Å². The van der Waals surface area contributed by atoms with Crippen molar-refractivity contribution in [3.63, 3.8) is 0 Å². The topological polar surface area (TPSA) is 71.9 Å². The van der Waals surface area contributed by atoms with Crippen LogP contribution in [0.2, 0.25) is 0 Å². The molecule has 198 valence electrons. The first-order valence-electron chi connectivity index (χ1n) is 13.5. The van der Waals surface area contributed by atoms with Crippen LogP contribution >= 0.6 is 35.6 Å². The number of nitrogens with one attached hydrogen (secondary N) is 1. The van der Waals surface area contributed by atoms with E-state index in [-0.39, 0.29) is 4.75 Å². The molecule has 1 saturated carbocycles. The molecule has 2 aliphatic rings. The lowest BCUT2D eigenvalue weighted by Gasteiger charge is -2.44. The Morgan fingerprint density at radius 3 is 2.68 bits per heavy atom. The lowest BCUT2D eigenvalue weighted by atomic mass is 9.71. The minimum atomic E-state index is -0.436. The average Bonchev–Trinajstić information content (AvgIpc) is 3.62. The van der Waals surface area contributed by atoms with Gasteiger partial charge in [-0.25, -0.2) is 4.98 Å². The van der Waals surface area contributed by atoms with Crippen LogP contribution in [0.15, 0.2) is 48.3 Å². The van der Waals surface area contributed by atoms with Crippen LogP contribution in [0.1, 0.15) is 77.7 Å². The van der Waals surface area contributed by atoms with E-state index in [0.29, 0.717) is 6.04 Å². The van der Waals surface area contributed by atoms with Gasteiger partial charge < -0.3 is 7.97 Å². The third-order valence-corrected chi connectivity index (χ3v) is 9.72. The lowest BCUT2D eigenvalue weighted by Crippen LogP contribution is -2.40. The van der Waals surface area contributed by atoms with Gasteiger partial charge in [0.25, 0.3) is 0 Å². The molecule has 1 unspecified atom stereocenters. The number of nitrogens with zero attached hydrogens (tertiary/aromatic N) is 5. The summed E-state index contributed by atoms with van der Waals surface area (Å²) in [5, 5.41) is 13.1. The van der Waals surface area contributed by atoms with Crippen LogP contribution in [0, 0.1) is 0 Å². The molecule has 0 aromatic carbocycles. The van der Waals surface area contributed by atoms with E-state index in [4.69, 9.17) is 25.8 Å². The molecule has 9 heteroatoms. The molecule has 0 radical (unpaired) electrons. The summed E-state index contributed by atoms with van der Waals surface area (Å²) in [6, 6.07) is 4.56.